The first kappa shape index (κ1) is 24.5. The fourth-order valence-corrected chi connectivity index (χ4v) is 4.24. The molecule has 2 rings (SSSR count). The Labute approximate surface area is 182 Å². The van der Waals surface area contributed by atoms with E-state index in [1.54, 1.807) is 6.07 Å². The Hall–Kier alpha value is -3.72. The number of para-hydroxylation sites is 1. The number of aromatic hydroxyl groups is 1. The van der Waals surface area contributed by atoms with Crippen LogP contribution in [-0.4, -0.2) is 50.3 Å². The Bertz CT molecular complexity index is 1100. The summed E-state index contributed by atoms with van der Waals surface area (Å²) in [5, 5.41) is 22.4. The molecule has 12 heteroatoms. The van der Waals surface area contributed by atoms with Gasteiger partial charge in [-0.3, -0.25) is 9.59 Å². The number of benzene rings is 2. The second-order valence-electron chi connectivity index (χ2n) is 6.49. The molecular weight excluding hydrogens is 448 g/mol. The quantitative estimate of drug-likeness (QED) is 0.447. The number of nitrogens with zero attached hydrogens (tertiary/aromatic N) is 1. The summed E-state index contributed by atoms with van der Waals surface area (Å²) in [4.78, 5) is 24.8. The van der Waals surface area contributed by atoms with E-state index < -0.39 is 52.4 Å². The molecule has 0 spiro atoms. The van der Waals surface area contributed by atoms with Gasteiger partial charge >= 0.3 is 6.61 Å². The topological polar surface area (TPSA) is 146 Å². The molecule has 2 amide bonds. The van der Waals surface area contributed by atoms with E-state index in [2.05, 4.69) is 15.4 Å². The summed E-state index contributed by atoms with van der Waals surface area (Å²) in [5.74, 6) is -3.73. The highest BCUT2D eigenvalue weighted by atomic mass is 32.2. The van der Waals surface area contributed by atoms with Crippen LogP contribution in [-0.2, 0) is 20.4 Å². The second kappa shape index (κ2) is 11.1. The summed E-state index contributed by atoms with van der Waals surface area (Å²) in [6, 6.07) is 10.4. The van der Waals surface area contributed by atoms with Gasteiger partial charge in [0, 0.05) is 11.1 Å². The maximum absolute atomic E-state index is 12.7. The van der Waals surface area contributed by atoms with E-state index in [0.717, 1.165) is 0 Å². The van der Waals surface area contributed by atoms with Crippen LogP contribution in [0.2, 0.25) is 0 Å². The summed E-state index contributed by atoms with van der Waals surface area (Å²) in [5.41, 5.74) is 0.00260. The van der Waals surface area contributed by atoms with Crippen LogP contribution in [0.1, 0.15) is 15.9 Å². The molecule has 0 aliphatic carbocycles. The molecule has 0 saturated carbocycles. The minimum Gasteiger partial charge on any atom is -0.508 e. The number of amides is 2. The zero-order valence-corrected chi connectivity index (χ0v) is 17.3. The van der Waals surface area contributed by atoms with Crippen molar-refractivity contribution >= 4 is 21.7 Å². The van der Waals surface area contributed by atoms with Gasteiger partial charge in [-0.15, -0.1) is 0 Å². The van der Waals surface area contributed by atoms with Crippen LogP contribution in [0.15, 0.2) is 48.5 Å². The molecule has 2 aromatic carbocycles. The number of carbonyl (C=O) groups excluding carboxylic acids is 2. The van der Waals surface area contributed by atoms with Crippen molar-refractivity contribution < 1.29 is 36.6 Å². The summed E-state index contributed by atoms with van der Waals surface area (Å²) in [7, 11) is -4.12. The molecular formula is C20H19F2N3O6S. The van der Waals surface area contributed by atoms with Crippen molar-refractivity contribution in [1.82, 2.24) is 10.6 Å². The van der Waals surface area contributed by atoms with Gasteiger partial charge in [0.15, 0.2) is 9.84 Å². The average molecular weight is 467 g/mol. The molecule has 0 fully saturated rings. The molecule has 0 radical (unpaired) electrons. The number of halogens is 2. The van der Waals surface area contributed by atoms with Crippen LogP contribution in [0.3, 0.4) is 0 Å². The first-order valence-electron chi connectivity index (χ1n) is 9.09. The van der Waals surface area contributed by atoms with E-state index >= 15 is 0 Å². The first-order valence-corrected chi connectivity index (χ1v) is 10.9. The molecule has 32 heavy (non-hydrogen) atoms. The molecule has 0 heterocycles. The predicted molar refractivity (Wildman–Crippen MR) is 109 cm³/mol. The van der Waals surface area contributed by atoms with Crippen LogP contribution in [0.4, 0.5) is 8.78 Å². The van der Waals surface area contributed by atoms with Crippen molar-refractivity contribution in [1.29, 1.82) is 5.26 Å². The molecule has 9 nitrogen and oxygen atoms in total. The van der Waals surface area contributed by atoms with E-state index in [0.29, 0.717) is 0 Å². The number of sulfone groups is 1. The lowest BCUT2D eigenvalue weighted by Crippen LogP contribution is -2.50. The van der Waals surface area contributed by atoms with Gasteiger partial charge in [0.2, 0.25) is 5.91 Å². The molecule has 0 aromatic heterocycles. The Kier molecular flexibility index (Phi) is 8.48. The monoisotopic (exact) mass is 467 g/mol. The maximum atomic E-state index is 12.7. The van der Waals surface area contributed by atoms with Crippen LogP contribution in [0.25, 0.3) is 0 Å². The zero-order valence-electron chi connectivity index (χ0n) is 16.5. The zero-order chi connectivity index (χ0) is 23.7. The van der Waals surface area contributed by atoms with Crippen LogP contribution in [0, 0.1) is 11.3 Å². The number of rotatable bonds is 10. The minimum absolute atomic E-state index is 0.0474. The lowest BCUT2D eigenvalue weighted by Gasteiger charge is -2.18. The van der Waals surface area contributed by atoms with E-state index in [9.17, 15) is 31.9 Å². The van der Waals surface area contributed by atoms with E-state index in [4.69, 9.17) is 5.26 Å². The van der Waals surface area contributed by atoms with Gasteiger partial charge in [0.25, 0.3) is 5.91 Å². The number of carbonyl (C=O) groups is 2. The number of phenols is 1. The number of hydrogen-bond donors (Lipinski definition) is 3. The van der Waals surface area contributed by atoms with Crippen molar-refractivity contribution in [3.63, 3.8) is 0 Å². The van der Waals surface area contributed by atoms with Crippen molar-refractivity contribution in [2.24, 2.45) is 0 Å². The molecule has 170 valence electrons. The molecule has 1 atom stereocenters. The highest BCUT2D eigenvalue weighted by Crippen LogP contribution is 2.23. The Morgan fingerprint density at radius 2 is 1.78 bits per heavy atom. The molecule has 0 bridgehead atoms. The van der Waals surface area contributed by atoms with Crippen molar-refractivity contribution in [2.45, 2.75) is 18.4 Å². The number of ether oxygens (including phenoxy) is 1. The Balaban J connectivity index is 2.22. The number of alkyl halides is 2. The maximum Gasteiger partial charge on any atom is 0.387 e. The number of hydrogen-bond acceptors (Lipinski definition) is 7. The van der Waals surface area contributed by atoms with E-state index in [1.165, 1.54) is 48.5 Å². The molecule has 3 N–H and O–H groups in total. The van der Waals surface area contributed by atoms with E-state index in [-0.39, 0.29) is 22.6 Å². The molecule has 2 aromatic rings. The fourth-order valence-electron chi connectivity index (χ4n) is 2.67. The van der Waals surface area contributed by atoms with Crippen LogP contribution >= 0.6 is 0 Å². The number of nitriles is 1. The normalized spacial score (nSPS) is 11.9. The lowest BCUT2D eigenvalue weighted by molar-refractivity contribution is -0.122. The van der Waals surface area contributed by atoms with Gasteiger partial charge in [0.1, 0.15) is 24.1 Å². The molecule has 1 unspecified atom stereocenters. The SMILES string of the molecule is N#CCNC(=O)C(CS(=O)(=O)Cc1ccccc1OC(F)F)NC(=O)c1ccc(O)cc1. The molecule has 0 saturated heterocycles. The van der Waals surface area contributed by atoms with Gasteiger partial charge in [-0.25, -0.2) is 8.42 Å². The third-order valence-corrected chi connectivity index (χ3v) is 5.67. The van der Waals surface area contributed by atoms with Crippen molar-refractivity contribution in [2.75, 3.05) is 12.3 Å². The highest BCUT2D eigenvalue weighted by Gasteiger charge is 2.28. The van der Waals surface area contributed by atoms with Crippen LogP contribution < -0.4 is 15.4 Å². The smallest absolute Gasteiger partial charge is 0.387 e. The van der Waals surface area contributed by atoms with Crippen molar-refractivity contribution in [3.05, 3.63) is 59.7 Å². The van der Waals surface area contributed by atoms with Crippen molar-refractivity contribution in [3.8, 4) is 17.6 Å². The average Bonchev–Trinajstić information content (AvgIpc) is 2.72. The lowest BCUT2D eigenvalue weighted by atomic mass is 10.2. The minimum atomic E-state index is -4.12. The largest absolute Gasteiger partial charge is 0.508 e. The number of phenolic OH excluding ortho intramolecular Hbond substituents is 1. The summed E-state index contributed by atoms with van der Waals surface area (Å²) < 4.78 is 54.9. The summed E-state index contributed by atoms with van der Waals surface area (Å²) in [6.45, 7) is -3.58. The first-order chi connectivity index (χ1) is 15.1. The third-order valence-electron chi connectivity index (χ3n) is 4.08. The van der Waals surface area contributed by atoms with Gasteiger partial charge in [0.05, 0.1) is 17.6 Å². The predicted octanol–water partition coefficient (Wildman–Crippen LogP) is 1.35. The van der Waals surface area contributed by atoms with Gasteiger partial charge in [-0.05, 0) is 30.3 Å². The van der Waals surface area contributed by atoms with E-state index in [1.807, 2.05) is 0 Å². The van der Waals surface area contributed by atoms with Gasteiger partial charge in [-0.2, -0.15) is 14.0 Å². The Morgan fingerprint density at radius 1 is 1.12 bits per heavy atom. The Morgan fingerprint density at radius 3 is 2.41 bits per heavy atom. The highest BCUT2D eigenvalue weighted by molar-refractivity contribution is 7.90. The fraction of sp³-hybridized carbons (Fsp3) is 0.250. The molecule has 0 aliphatic rings. The summed E-state index contributed by atoms with van der Waals surface area (Å²) in [6.07, 6.45) is 0. The molecule has 0 aliphatic heterocycles. The van der Waals surface area contributed by atoms with Gasteiger partial charge in [-0.1, -0.05) is 18.2 Å². The van der Waals surface area contributed by atoms with Crippen LogP contribution in [0.5, 0.6) is 11.5 Å². The van der Waals surface area contributed by atoms with Gasteiger partial charge < -0.3 is 20.5 Å². The second-order valence-corrected chi connectivity index (χ2v) is 8.60. The third kappa shape index (κ3) is 7.51. The summed E-state index contributed by atoms with van der Waals surface area (Å²) >= 11 is 0. The number of nitrogens with one attached hydrogen (secondary N) is 2. The standard InChI is InChI=1S/C20H19F2N3O6S/c21-20(22)31-17-4-2-1-3-14(17)11-32(29,30)12-16(19(28)24-10-9-23)25-18(27)13-5-7-15(26)8-6-13/h1-8,16,20,26H,10-12H2,(H,24,28)(H,25,27).